The Morgan fingerprint density at radius 3 is 1.11 bits per heavy atom. The third-order valence-electron chi connectivity index (χ3n) is 8.25. The lowest BCUT2D eigenvalue weighted by Crippen LogP contribution is -2.00. The molecule has 1 aromatic rings. The molecule has 256 valence electrons. The first-order valence-electron chi connectivity index (χ1n) is 19.2. The molecule has 0 N–H and O–H groups in total. The molecule has 0 spiro atoms. The van der Waals surface area contributed by atoms with Crippen LogP contribution in [0.15, 0.2) is 66.8 Å². The first kappa shape index (κ1) is 40.8. The van der Waals surface area contributed by atoms with Gasteiger partial charge in [-0.3, -0.25) is 0 Å². The Morgan fingerprint density at radius 1 is 0.400 bits per heavy atom. The number of hydrogen-bond acceptors (Lipinski definition) is 2. The maximum atomic E-state index is 6.08. The standard InChI is InChI=1S/C43H72O2/c1-4-6-8-10-12-14-16-18-20-22-24-26-28-30-32-34-36-44-42-38-41(3)39-43(40-42)45-37-35-33-31-29-27-25-23-21-19-17-15-13-11-9-7-5-2/h12-15,18-21,38-40H,4-11,16-17,22-37H2,1-3H3/b14-12-,15-13-,20-18-,21-19-. The largest absolute Gasteiger partial charge is 0.493 e. The van der Waals surface area contributed by atoms with E-state index >= 15 is 0 Å². The monoisotopic (exact) mass is 621 g/mol. The van der Waals surface area contributed by atoms with E-state index in [4.69, 9.17) is 9.47 Å². The van der Waals surface area contributed by atoms with Crippen molar-refractivity contribution in [3.8, 4) is 11.5 Å². The zero-order chi connectivity index (χ0) is 32.3. The summed E-state index contributed by atoms with van der Waals surface area (Å²) >= 11 is 0. The molecule has 0 heterocycles. The number of hydrogen-bond donors (Lipinski definition) is 0. The fraction of sp³-hybridized carbons (Fsp3) is 0.674. The van der Waals surface area contributed by atoms with Gasteiger partial charge in [0, 0.05) is 6.07 Å². The van der Waals surface area contributed by atoms with Crippen molar-refractivity contribution in [2.75, 3.05) is 13.2 Å². The summed E-state index contributed by atoms with van der Waals surface area (Å²) in [5.41, 5.74) is 1.21. The summed E-state index contributed by atoms with van der Waals surface area (Å²) in [5, 5.41) is 0. The van der Waals surface area contributed by atoms with E-state index in [1.807, 2.05) is 0 Å². The zero-order valence-electron chi connectivity index (χ0n) is 30.1. The van der Waals surface area contributed by atoms with Gasteiger partial charge in [0.2, 0.25) is 0 Å². The van der Waals surface area contributed by atoms with Gasteiger partial charge in [0.1, 0.15) is 11.5 Å². The van der Waals surface area contributed by atoms with Gasteiger partial charge >= 0.3 is 0 Å². The molecule has 1 rings (SSSR count). The van der Waals surface area contributed by atoms with Crippen molar-refractivity contribution >= 4 is 0 Å². The minimum atomic E-state index is 0.795. The second-order valence-electron chi connectivity index (χ2n) is 12.8. The van der Waals surface area contributed by atoms with Crippen molar-refractivity contribution in [3.63, 3.8) is 0 Å². The predicted octanol–water partition coefficient (Wildman–Crippen LogP) is 14.4. The van der Waals surface area contributed by atoms with E-state index in [1.54, 1.807) is 0 Å². The number of unbranched alkanes of at least 4 members (excludes halogenated alkanes) is 18. The quantitative estimate of drug-likeness (QED) is 0.0589. The molecule has 0 fully saturated rings. The Kier molecular flexibility index (Phi) is 30.1. The molecular weight excluding hydrogens is 548 g/mol. The lowest BCUT2D eigenvalue weighted by molar-refractivity contribution is 0.289. The molecule has 0 aliphatic heterocycles. The third kappa shape index (κ3) is 29.0. The molecule has 0 saturated heterocycles. The fourth-order valence-electron chi connectivity index (χ4n) is 5.44. The van der Waals surface area contributed by atoms with Crippen LogP contribution in [-0.2, 0) is 0 Å². The van der Waals surface area contributed by atoms with Crippen LogP contribution in [0.4, 0.5) is 0 Å². The van der Waals surface area contributed by atoms with Gasteiger partial charge in [-0.15, -0.1) is 0 Å². The highest BCUT2D eigenvalue weighted by Crippen LogP contribution is 2.23. The van der Waals surface area contributed by atoms with Gasteiger partial charge in [0.25, 0.3) is 0 Å². The van der Waals surface area contributed by atoms with Gasteiger partial charge in [-0.05, 0) is 102 Å². The summed E-state index contributed by atoms with van der Waals surface area (Å²) in [5.74, 6) is 1.90. The van der Waals surface area contributed by atoms with Crippen LogP contribution in [0.3, 0.4) is 0 Å². The molecule has 2 heteroatoms. The summed E-state index contributed by atoms with van der Waals surface area (Å²) in [6, 6.07) is 6.32. The van der Waals surface area contributed by atoms with Gasteiger partial charge < -0.3 is 9.47 Å². The molecule has 0 unspecified atom stereocenters. The molecule has 0 radical (unpaired) electrons. The number of allylic oxidation sites excluding steroid dienone is 8. The molecule has 0 atom stereocenters. The Balaban J connectivity index is 1.97. The molecular formula is C43H72O2. The minimum absolute atomic E-state index is 0.795. The smallest absolute Gasteiger partial charge is 0.123 e. The Morgan fingerprint density at radius 2 is 0.733 bits per heavy atom. The minimum Gasteiger partial charge on any atom is -0.493 e. The van der Waals surface area contributed by atoms with E-state index in [0.717, 1.165) is 50.4 Å². The van der Waals surface area contributed by atoms with Crippen LogP contribution >= 0.6 is 0 Å². The second-order valence-corrected chi connectivity index (χ2v) is 12.8. The van der Waals surface area contributed by atoms with Gasteiger partial charge in [-0.2, -0.15) is 0 Å². The van der Waals surface area contributed by atoms with Crippen LogP contribution in [0.5, 0.6) is 11.5 Å². The summed E-state index contributed by atoms with van der Waals surface area (Å²) in [4.78, 5) is 0. The molecule has 0 aliphatic rings. The number of benzene rings is 1. The highest BCUT2D eigenvalue weighted by Gasteiger charge is 2.02. The molecule has 0 saturated carbocycles. The SMILES string of the molecule is CCCCC/C=C\C/C=C\CCCCCCCCOc1cc(C)cc(OCCCCCCCC/C=C\C/C=C\CCCCC)c1. The second kappa shape index (κ2) is 33.2. The molecule has 0 bridgehead atoms. The van der Waals surface area contributed by atoms with Gasteiger partial charge in [-0.1, -0.05) is 140 Å². The van der Waals surface area contributed by atoms with Crippen molar-refractivity contribution in [1.82, 2.24) is 0 Å². The highest BCUT2D eigenvalue weighted by atomic mass is 16.5. The summed E-state index contributed by atoms with van der Waals surface area (Å²) in [6.45, 7) is 8.24. The molecule has 1 aromatic carbocycles. The van der Waals surface area contributed by atoms with Crippen LogP contribution in [0, 0.1) is 6.92 Å². The fourth-order valence-corrected chi connectivity index (χ4v) is 5.44. The third-order valence-corrected chi connectivity index (χ3v) is 8.25. The summed E-state index contributed by atoms with van der Waals surface area (Å²) < 4.78 is 12.2. The lowest BCUT2D eigenvalue weighted by atomic mass is 10.1. The van der Waals surface area contributed by atoms with E-state index in [2.05, 4.69) is 87.6 Å². The molecule has 2 nitrogen and oxygen atoms in total. The summed E-state index contributed by atoms with van der Waals surface area (Å²) in [6.07, 6.45) is 49.2. The molecule has 0 aromatic heterocycles. The Hall–Kier alpha value is -2.22. The maximum Gasteiger partial charge on any atom is 0.123 e. The van der Waals surface area contributed by atoms with E-state index < -0.39 is 0 Å². The lowest BCUT2D eigenvalue weighted by Gasteiger charge is -2.11. The van der Waals surface area contributed by atoms with Crippen molar-refractivity contribution in [2.24, 2.45) is 0 Å². The predicted molar refractivity (Wildman–Crippen MR) is 201 cm³/mol. The van der Waals surface area contributed by atoms with E-state index in [-0.39, 0.29) is 0 Å². The maximum absolute atomic E-state index is 6.08. The van der Waals surface area contributed by atoms with Gasteiger partial charge in [0.15, 0.2) is 0 Å². The van der Waals surface area contributed by atoms with Crippen molar-refractivity contribution in [3.05, 3.63) is 72.4 Å². The number of rotatable bonds is 32. The van der Waals surface area contributed by atoms with Crippen LogP contribution in [0.1, 0.15) is 174 Å². The Bertz CT molecular complexity index is 810. The van der Waals surface area contributed by atoms with Crippen molar-refractivity contribution < 1.29 is 9.47 Å². The van der Waals surface area contributed by atoms with E-state index in [0.29, 0.717) is 0 Å². The first-order valence-corrected chi connectivity index (χ1v) is 19.2. The van der Waals surface area contributed by atoms with Gasteiger partial charge in [-0.25, -0.2) is 0 Å². The summed E-state index contributed by atoms with van der Waals surface area (Å²) in [7, 11) is 0. The number of ether oxygens (including phenoxy) is 2. The average Bonchev–Trinajstić information content (AvgIpc) is 3.03. The zero-order valence-corrected chi connectivity index (χ0v) is 30.1. The Labute approximate surface area is 280 Å². The topological polar surface area (TPSA) is 18.5 Å². The van der Waals surface area contributed by atoms with Crippen LogP contribution in [0.25, 0.3) is 0 Å². The molecule has 0 aliphatic carbocycles. The number of aryl methyl sites for hydroxylation is 1. The van der Waals surface area contributed by atoms with E-state index in [1.165, 1.54) is 134 Å². The highest BCUT2D eigenvalue weighted by molar-refractivity contribution is 5.37. The molecule has 45 heavy (non-hydrogen) atoms. The van der Waals surface area contributed by atoms with Gasteiger partial charge in [0.05, 0.1) is 13.2 Å². The van der Waals surface area contributed by atoms with E-state index in [9.17, 15) is 0 Å². The first-order chi connectivity index (χ1) is 22.3. The van der Waals surface area contributed by atoms with Crippen LogP contribution < -0.4 is 9.47 Å². The van der Waals surface area contributed by atoms with Crippen molar-refractivity contribution in [1.29, 1.82) is 0 Å². The van der Waals surface area contributed by atoms with Crippen LogP contribution in [0.2, 0.25) is 0 Å². The van der Waals surface area contributed by atoms with Crippen molar-refractivity contribution in [2.45, 2.75) is 175 Å². The normalized spacial score (nSPS) is 12.1. The average molecular weight is 621 g/mol. The molecule has 0 amide bonds. The van der Waals surface area contributed by atoms with Crippen LogP contribution in [-0.4, -0.2) is 13.2 Å².